The highest BCUT2D eigenvalue weighted by molar-refractivity contribution is 7.07. The smallest absolute Gasteiger partial charge is 0.307 e. The lowest BCUT2D eigenvalue weighted by atomic mass is 10.0. The Morgan fingerprint density at radius 1 is 1.47 bits per heavy atom. The molecule has 2 N–H and O–H groups in total. The van der Waals surface area contributed by atoms with Gasteiger partial charge in [0.2, 0.25) is 5.91 Å². The van der Waals surface area contributed by atoms with Crippen molar-refractivity contribution in [3.05, 3.63) is 56.1 Å². The molecule has 0 fully saturated rings. The number of benzene rings is 1. The van der Waals surface area contributed by atoms with Crippen molar-refractivity contribution in [2.24, 2.45) is 5.73 Å². The van der Waals surface area contributed by atoms with E-state index in [1.165, 1.54) is 11.3 Å². The van der Waals surface area contributed by atoms with Crippen LogP contribution < -0.4 is 10.6 Å². The Labute approximate surface area is 102 Å². The molecule has 0 spiro atoms. The summed E-state index contributed by atoms with van der Waals surface area (Å²) in [6.07, 6.45) is 1.76. The number of carbonyl (C=O) groups excluding carboxylic acids is 1. The first-order chi connectivity index (χ1) is 8.08. The predicted molar refractivity (Wildman–Crippen MR) is 67.4 cm³/mol. The van der Waals surface area contributed by atoms with Gasteiger partial charge >= 0.3 is 4.87 Å². The topological polar surface area (TPSA) is 65.1 Å². The first-order valence-corrected chi connectivity index (χ1v) is 5.99. The van der Waals surface area contributed by atoms with Crippen molar-refractivity contribution >= 4 is 17.2 Å². The van der Waals surface area contributed by atoms with E-state index in [1.807, 2.05) is 13.0 Å². The van der Waals surface area contributed by atoms with Crippen molar-refractivity contribution in [2.75, 3.05) is 0 Å². The van der Waals surface area contributed by atoms with Crippen LogP contribution in [0.25, 0.3) is 0 Å². The second-order valence-corrected chi connectivity index (χ2v) is 4.66. The summed E-state index contributed by atoms with van der Waals surface area (Å²) < 4.78 is 1.64. The van der Waals surface area contributed by atoms with Crippen LogP contribution in [-0.2, 0) is 6.54 Å². The van der Waals surface area contributed by atoms with Crippen molar-refractivity contribution in [3.8, 4) is 0 Å². The molecule has 0 bridgehead atoms. The number of hydrogen-bond donors (Lipinski definition) is 1. The van der Waals surface area contributed by atoms with Gasteiger partial charge in [-0.2, -0.15) is 0 Å². The third-order valence-corrected chi connectivity index (χ3v) is 3.31. The molecule has 1 aromatic carbocycles. The van der Waals surface area contributed by atoms with Crippen LogP contribution in [0.3, 0.4) is 0 Å². The highest BCUT2D eigenvalue weighted by Gasteiger charge is 2.05. The van der Waals surface area contributed by atoms with Crippen LogP contribution in [0.2, 0.25) is 0 Å². The summed E-state index contributed by atoms with van der Waals surface area (Å²) in [4.78, 5) is 22.4. The maximum absolute atomic E-state index is 11.4. The molecular weight excluding hydrogens is 236 g/mol. The number of aromatic nitrogens is 1. The molecule has 0 saturated carbocycles. The fourth-order valence-electron chi connectivity index (χ4n) is 1.62. The van der Waals surface area contributed by atoms with Gasteiger partial charge in [-0.3, -0.25) is 9.59 Å². The molecule has 0 saturated heterocycles. The maximum Gasteiger partial charge on any atom is 0.307 e. The van der Waals surface area contributed by atoms with Crippen LogP contribution in [-0.4, -0.2) is 10.5 Å². The highest BCUT2D eigenvalue weighted by Crippen LogP contribution is 2.12. The number of carbonyl (C=O) groups is 1. The molecule has 2 aromatic rings. The zero-order valence-corrected chi connectivity index (χ0v) is 10.2. The molecule has 0 atom stereocenters. The molecule has 17 heavy (non-hydrogen) atoms. The van der Waals surface area contributed by atoms with Gasteiger partial charge in [-0.05, 0) is 30.2 Å². The van der Waals surface area contributed by atoms with E-state index in [9.17, 15) is 9.59 Å². The van der Waals surface area contributed by atoms with Crippen molar-refractivity contribution in [1.29, 1.82) is 0 Å². The summed E-state index contributed by atoms with van der Waals surface area (Å²) in [7, 11) is 0. The van der Waals surface area contributed by atoms with Gasteiger partial charge in [0.15, 0.2) is 0 Å². The molecule has 1 amide bonds. The van der Waals surface area contributed by atoms with E-state index < -0.39 is 5.91 Å². The third-order valence-electron chi connectivity index (χ3n) is 2.61. The van der Waals surface area contributed by atoms with Crippen LogP contribution >= 0.6 is 11.3 Å². The van der Waals surface area contributed by atoms with Gasteiger partial charge in [0, 0.05) is 17.1 Å². The quantitative estimate of drug-likeness (QED) is 0.891. The fourth-order valence-corrected chi connectivity index (χ4v) is 2.20. The Hall–Kier alpha value is -1.88. The minimum absolute atomic E-state index is 0.0170. The zero-order chi connectivity index (χ0) is 12.4. The molecule has 0 aliphatic heterocycles. The molecular formula is C12H12N2O2S. The van der Waals surface area contributed by atoms with E-state index in [2.05, 4.69) is 0 Å². The normalized spacial score (nSPS) is 10.4. The number of amides is 1. The van der Waals surface area contributed by atoms with Gasteiger partial charge in [0.1, 0.15) is 0 Å². The molecule has 4 nitrogen and oxygen atoms in total. The minimum atomic E-state index is -0.438. The first kappa shape index (κ1) is 11.6. The summed E-state index contributed by atoms with van der Waals surface area (Å²) in [5.74, 6) is -0.438. The van der Waals surface area contributed by atoms with Crippen LogP contribution in [0.4, 0.5) is 0 Å². The van der Waals surface area contributed by atoms with Gasteiger partial charge in [-0.1, -0.05) is 17.4 Å². The van der Waals surface area contributed by atoms with Crippen molar-refractivity contribution in [3.63, 3.8) is 0 Å². The lowest BCUT2D eigenvalue weighted by Crippen LogP contribution is -2.14. The van der Waals surface area contributed by atoms with E-state index in [4.69, 9.17) is 5.73 Å². The predicted octanol–water partition coefficient (Wildman–Crippen LogP) is 1.37. The summed E-state index contributed by atoms with van der Waals surface area (Å²) in [5.41, 5.74) is 7.66. The Bertz CT molecular complexity index is 613. The van der Waals surface area contributed by atoms with Gasteiger partial charge in [-0.25, -0.2) is 0 Å². The molecule has 88 valence electrons. The van der Waals surface area contributed by atoms with Crippen molar-refractivity contribution < 1.29 is 4.79 Å². The fraction of sp³-hybridized carbons (Fsp3) is 0.167. The molecule has 1 heterocycles. The van der Waals surface area contributed by atoms with Gasteiger partial charge in [0.25, 0.3) is 0 Å². The second-order valence-electron chi connectivity index (χ2n) is 3.80. The SMILES string of the molecule is Cc1cc(C(N)=O)ccc1Cn1ccsc1=O. The number of rotatable bonds is 3. The zero-order valence-electron chi connectivity index (χ0n) is 9.34. The van der Waals surface area contributed by atoms with Gasteiger partial charge < -0.3 is 10.3 Å². The Kier molecular flexibility index (Phi) is 3.10. The Morgan fingerprint density at radius 2 is 2.24 bits per heavy atom. The molecule has 5 heteroatoms. The molecule has 2 rings (SSSR count). The van der Waals surface area contributed by atoms with Crippen molar-refractivity contribution in [1.82, 2.24) is 4.57 Å². The average Bonchev–Trinajstić information content (AvgIpc) is 2.67. The summed E-state index contributed by atoms with van der Waals surface area (Å²) in [6.45, 7) is 2.42. The molecule has 0 radical (unpaired) electrons. The van der Waals surface area contributed by atoms with Gasteiger partial charge in [0.05, 0.1) is 6.54 Å². The lowest BCUT2D eigenvalue weighted by Gasteiger charge is -2.07. The van der Waals surface area contributed by atoms with Crippen LogP contribution in [0.15, 0.2) is 34.6 Å². The largest absolute Gasteiger partial charge is 0.366 e. The number of hydrogen-bond acceptors (Lipinski definition) is 3. The first-order valence-electron chi connectivity index (χ1n) is 5.11. The lowest BCUT2D eigenvalue weighted by molar-refractivity contribution is 0.1000. The molecule has 0 aliphatic rings. The molecule has 0 aliphatic carbocycles. The Morgan fingerprint density at radius 3 is 2.76 bits per heavy atom. The van der Waals surface area contributed by atoms with E-state index in [1.54, 1.807) is 28.3 Å². The number of primary amides is 1. The van der Waals surface area contributed by atoms with E-state index in [0.717, 1.165) is 11.1 Å². The van der Waals surface area contributed by atoms with E-state index in [-0.39, 0.29) is 4.87 Å². The summed E-state index contributed by atoms with van der Waals surface area (Å²) >= 11 is 1.17. The van der Waals surface area contributed by atoms with Gasteiger partial charge in [-0.15, -0.1) is 0 Å². The monoisotopic (exact) mass is 248 g/mol. The standard InChI is InChI=1S/C12H12N2O2S/c1-8-6-9(11(13)15)2-3-10(8)7-14-4-5-17-12(14)16/h2-6H,7H2,1H3,(H2,13,15). The number of nitrogens with zero attached hydrogens (tertiary/aromatic N) is 1. The minimum Gasteiger partial charge on any atom is -0.366 e. The molecule has 1 aromatic heterocycles. The number of thiazole rings is 1. The average molecular weight is 248 g/mol. The van der Waals surface area contributed by atoms with Crippen molar-refractivity contribution in [2.45, 2.75) is 13.5 Å². The Balaban J connectivity index is 2.32. The van der Waals surface area contributed by atoms with E-state index in [0.29, 0.717) is 12.1 Å². The highest BCUT2D eigenvalue weighted by atomic mass is 32.1. The van der Waals surface area contributed by atoms with Crippen LogP contribution in [0.5, 0.6) is 0 Å². The second kappa shape index (κ2) is 4.55. The van der Waals surface area contributed by atoms with Crippen LogP contribution in [0, 0.1) is 6.92 Å². The molecule has 0 unspecified atom stereocenters. The third kappa shape index (κ3) is 2.45. The number of aryl methyl sites for hydroxylation is 1. The van der Waals surface area contributed by atoms with E-state index >= 15 is 0 Å². The summed E-state index contributed by atoms with van der Waals surface area (Å²) in [5, 5.41) is 1.76. The maximum atomic E-state index is 11.4. The van der Waals surface area contributed by atoms with Crippen LogP contribution in [0.1, 0.15) is 21.5 Å². The number of nitrogens with two attached hydrogens (primary N) is 1. The summed E-state index contributed by atoms with van der Waals surface area (Å²) in [6, 6.07) is 5.26.